The molecule has 0 radical (unpaired) electrons. The Labute approximate surface area is 231 Å². The zero-order valence-electron chi connectivity index (χ0n) is 19.8. The standard InChI is InChI=1S/C29H22Br2N2O4/c1-2-36-24-16-20(15-23-28(34)32-33(29(23)35)21-12-4-3-5-13-21)25(30)26(31)27(24)37-17-19-11-8-10-18-9-6-7-14-22(18)19/h3-16H,2,17H2,1H3,(H,32,34)/b23-15-. The second-order valence-corrected chi connectivity index (χ2v) is 9.84. The molecule has 0 bridgehead atoms. The molecule has 37 heavy (non-hydrogen) atoms. The van der Waals surface area contributed by atoms with Crippen LogP contribution in [0.4, 0.5) is 5.69 Å². The Morgan fingerprint density at radius 2 is 1.62 bits per heavy atom. The summed E-state index contributed by atoms with van der Waals surface area (Å²) >= 11 is 7.23. The topological polar surface area (TPSA) is 67.9 Å². The molecule has 0 spiro atoms. The molecule has 4 aromatic rings. The minimum atomic E-state index is -0.480. The van der Waals surface area contributed by atoms with Crippen molar-refractivity contribution in [2.45, 2.75) is 13.5 Å². The molecule has 1 aliphatic heterocycles. The fraction of sp³-hybridized carbons (Fsp3) is 0.103. The summed E-state index contributed by atoms with van der Waals surface area (Å²) in [5.74, 6) is 0.104. The first-order valence-electron chi connectivity index (χ1n) is 11.6. The Balaban J connectivity index is 1.48. The van der Waals surface area contributed by atoms with Gasteiger partial charge in [-0.3, -0.25) is 15.0 Å². The minimum absolute atomic E-state index is 0.0170. The number of carbonyl (C=O) groups excluding carboxylic acids is 2. The highest BCUT2D eigenvalue weighted by Crippen LogP contribution is 2.44. The maximum atomic E-state index is 13.1. The van der Waals surface area contributed by atoms with E-state index >= 15 is 0 Å². The first-order valence-corrected chi connectivity index (χ1v) is 13.2. The second kappa shape index (κ2) is 10.8. The molecule has 1 N–H and O–H groups in total. The predicted octanol–water partition coefficient (Wildman–Crippen LogP) is 6.80. The van der Waals surface area contributed by atoms with Crippen LogP contribution in [0.2, 0.25) is 0 Å². The van der Waals surface area contributed by atoms with Crippen LogP contribution in [0.3, 0.4) is 0 Å². The van der Waals surface area contributed by atoms with Crippen molar-refractivity contribution in [1.29, 1.82) is 0 Å². The first kappa shape index (κ1) is 25.0. The summed E-state index contributed by atoms with van der Waals surface area (Å²) in [5.41, 5.74) is 4.86. The third-order valence-electron chi connectivity index (χ3n) is 5.91. The van der Waals surface area contributed by atoms with Gasteiger partial charge < -0.3 is 9.47 Å². The minimum Gasteiger partial charge on any atom is -0.490 e. The molecule has 0 atom stereocenters. The van der Waals surface area contributed by atoms with E-state index in [0.29, 0.717) is 44.9 Å². The second-order valence-electron chi connectivity index (χ2n) is 8.26. The summed E-state index contributed by atoms with van der Waals surface area (Å²) in [7, 11) is 0. The van der Waals surface area contributed by atoms with Crippen molar-refractivity contribution in [2.75, 3.05) is 11.6 Å². The quantitative estimate of drug-likeness (QED) is 0.182. The number of rotatable bonds is 7. The lowest BCUT2D eigenvalue weighted by Gasteiger charge is -2.17. The average molecular weight is 622 g/mol. The number of anilines is 1. The molecule has 4 aromatic carbocycles. The monoisotopic (exact) mass is 620 g/mol. The number of hydrazine groups is 1. The lowest BCUT2D eigenvalue weighted by atomic mass is 10.1. The number of hydrogen-bond acceptors (Lipinski definition) is 4. The van der Waals surface area contributed by atoms with Gasteiger partial charge in [-0.2, -0.15) is 0 Å². The van der Waals surface area contributed by atoms with E-state index in [4.69, 9.17) is 9.47 Å². The van der Waals surface area contributed by atoms with Gasteiger partial charge in [0, 0.05) is 4.47 Å². The van der Waals surface area contributed by atoms with Crippen molar-refractivity contribution in [3.63, 3.8) is 0 Å². The first-order chi connectivity index (χ1) is 18.0. The van der Waals surface area contributed by atoms with E-state index in [1.54, 1.807) is 36.4 Å². The van der Waals surface area contributed by atoms with Crippen LogP contribution in [-0.2, 0) is 16.2 Å². The molecule has 0 aromatic heterocycles. The van der Waals surface area contributed by atoms with Crippen LogP contribution in [0.5, 0.6) is 11.5 Å². The van der Waals surface area contributed by atoms with Crippen molar-refractivity contribution in [3.8, 4) is 11.5 Å². The number of amides is 2. The van der Waals surface area contributed by atoms with Gasteiger partial charge in [0.25, 0.3) is 11.8 Å². The third kappa shape index (κ3) is 4.99. The van der Waals surface area contributed by atoms with Crippen molar-refractivity contribution in [3.05, 3.63) is 105 Å². The van der Waals surface area contributed by atoms with Crippen molar-refractivity contribution in [2.24, 2.45) is 0 Å². The van der Waals surface area contributed by atoms with Gasteiger partial charge in [0.05, 0.1) is 16.8 Å². The smallest absolute Gasteiger partial charge is 0.282 e. The van der Waals surface area contributed by atoms with Gasteiger partial charge >= 0.3 is 0 Å². The van der Waals surface area contributed by atoms with Crippen LogP contribution in [0.1, 0.15) is 18.1 Å². The molecule has 1 saturated heterocycles. The van der Waals surface area contributed by atoms with Crippen molar-refractivity contribution in [1.82, 2.24) is 5.43 Å². The maximum absolute atomic E-state index is 13.1. The SMILES string of the molecule is CCOc1cc(/C=C2/C(=O)NN(c3ccccc3)C2=O)c(Br)c(Br)c1OCc1cccc2ccccc12. The molecule has 1 fully saturated rings. The molecule has 0 aliphatic carbocycles. The van der Waals surface area contributed by atoms with E-state index in [-0.39, 0.29) is 5.57 Å². The van der Waals surface area contributed by atoms with E-state index in [1.807, 2.05) is 37.3 Å². The number of carbonyl (C=O) groups is 2. The average Bonchev–Trinajstić information content (AvgIpc) is 3.20. The highest BCUT2D eigenvalue weighted by atomic mass is 79.9. The number of halogens is 2. The van der Waals surface area contributed by atoms with Crippen LogP contribution in [0.25, 0.3) is 16.8 Å². The molecule has 0 unspecified atom stereocenters. The van der Waals surface area contributed by atoms with Gasteiger partial charge in [0.1, 0.15) is 12.2 Å². The van der Waals surface area contributed by atoms with E-state index in [0.717, 1.165) is 16.3 Å². The fourth-order valence-corrected chi connectivity index (χ4v) is 5.09. The molecule has 6 nitrogen and oxygen atoms in total. The van der Waals surface area contributed by atoms with Gasteiger partial charge in [-0.1, -0.05) is 60.7 Å². The van der Waals surface area contributed by atoms with Gasteiger partial charge in [-0.25, -0.2) is 5.01 Å². The zero-order chi connectivity index (χ0) is 25.9. The lowest BCUT2D eigenvalue weighted by Crippen LogP contribution is -2.35. The Kier molecular flexibility index (Phi) is 7.30. The molecule has 186 valence electrons. The molecular weight excluding hydrogens is 600 g/mol. The van der Waals surface area contributed by atoms with E-state index in [2.05, 4.69) is 55.5 Å². The number of fused-ring (bicyclic) bond motifs is 1. The highest BCUT2D eigenvalue weighted by Gasteiger charge is 2.34. The van der Waals surface area contributed by atoms with Crippen LogP contribution in [-0.4, -0.2) is 18.4 Å². The number of nitrogens with one attached hydrogen (secondary N) is 1. The molecule has 5 rings (SSSR count). The number of ether oxygens (including phenoxy) is 2. The molecule has 1 aliphatic rings. The van der Waals surface area contributed by atoms with Gasteiger partial charge in [-0.15, -0.1) is 0 Å². The molecule has 8 heteroatoms. The summed E-state index contributed by atoms with van der Waals surface area (Å²) in [6, 6.07) is 25.0. The number of hydrogen-bond donors (Lipinski definition) is 1. The third-order valence-corrected chi connectivity index (χ3v) is 8.06. The normalized spacial score (nSPS) is 14.4. The largest absolute Gasteiger partial charge is 0.490 e. The lowest BCUT2D eigenvalue weighted by molar-refractivity contribution is -0.117. The van der Waals surface area contributed by atoms with Gasteiger partial charge in [0.2, 0.25) is 0 Å². The van der Waals surface area contributed by atoms with E-state index in [9.17, 15) is 9.59 Å². The van der Waals surface area contributed by atoms with Gasteiger partial charge in [-0.05, 0) is 85.0 Å². The summed E-state index contributed by atoms with van der Waals surface area (Å²) in [4.78, 5) is 25.7. The Morgan fingerprint density at radius 1 is 0.892 bits per heavy atom. The number of benzene rings is 4. The molecule has 2 amide bonds. The number of nitrogens with zero attached hydrogens (tertiary/aromatic N) is 1. The number of para-hydroxylation sites is 1. The van der Waals surface area contributed by atoms with Gasteiger partial charge in [0.15, 0.2) is 11.5 Å². The van der Waals surface area contributed by atoms with Crippen molar-refractivity contribution < 1.29 is 19.1 Å². The molecule has 1 heterocycles. The zero-order valence-corrected chi connectivity index (χ0v) is 23.0. The fourth-order valence-electron chi connectivity index (χ4n) is 4.15. The Hall–Kier alpha value is -3.62. The van der Waals surface area contributed by atoms with E-state index < -0.39 is 11.8 Å². The van der Waals surface area contributed by atoms with Crippen molar-refractivity contribution >= 4 is 66.2 Å². The Morgan fingerprint density at radius 3 is 2.41 bits per heavy atom. The van der Waals surface area contributed by atoms with Crippen LogP contribution < -0.4 is 19.9 Å². The molecule has 0 saturated carbocycles. The summed E-state index contributed by atoms with van der Waals surface area (Å²) in [6.45, 7) is 2.63. The van der Waals surface area contributed by atoms with Crippen LogP contribution >= 0.6 is 31.9 Å². The summed E-state index contributed by atoms with van der Waals surface area (Å²) in [5, 5.41) is 3.50. The van der Waals surface area contributed by atoms with E-state index in [1.165, 1.54) is 5.01 Å². The molecular formula is C29H22Br2N2O4. The Bertz CT molecular complexity index is 1530. The van der Waals surface area contributed by atoms with Crippen LogP contribution in [0.15, 0.2) is 93.4 Å². The maximum Gasteiger partial charge on any atom is 0.282 e. The predicted molar refractivity (Wildman–Crippen MR) is 151 cm³/mol. The highest BCUT2D eigenvalue weighted by molar-refractivity contribution is 9.13. The summed E-state index contributed by atoms with van der Waals surface area (Å²) in [6.07, 6.45) is 1.55. The van der Waals surface area contributed by atoms with Crippen LogP contribution in [0, 0.1) is 0 Å². The summed E-state index contributed by atoms with van der Waals surface area (Å²) < 4.78 is 13.4.